The third-order valence-corrected chi connectivity index (χ3v) is 4.12. The van der Waals surface area contributed by atoms with Crippen LogP contribution in [0, 0.1) is 5.82 Å². The summed E-state index contributed by atoms with van der Waals surface area (Å²) in [5.41, 5.74) is 5.46. The van der Waals surface area contributed by atoms with E-state index in [-0.39, 0.29) is 21.4 Å². The Kier molecular flexibility index (Phi) is 3.57. The molecular formula is C9H11ClFNO2S. The number of hydrogen-bond acceptors (Lipinski definition) is 3. The standard InChI is InChI=1S/C9H11ClFNO2S/c1-2-3-15(13,14)9-5-7(11)6(10)4-8(9)12/h4-5H,2-3,12H2,1H3. The molecule has 0 radical (unpaired) electrons. The zero-order valence-corrected chi connectivity index (χ0v) is 9.70. The minimum absolute atomic E-state index is 0.0187. The van der Waals surface area contributed by atoms with Crippen LogP contribution in [0.3, 0.4) is 0 Å². The van der Waals surface area contributed by atoms with Gasteiger partial charge < -0.3 is 5.73 Å². The highest BCUT2D eigenvalue weighted by Crippen LogP contribution is 2.26. The van der Waals surface area contributed by atoms with Gasteiger partial charge in [-0.25, -0.2) is 12.8 Å². The number of sulfone groups is 1. The molecule has 0 heterocycles. The summed E-state index contributed by atoms with van der Waals surface area (Å²) in [6, 6.07) is 1.97. The Labute approximate surface area is 93.0 Å². The smallest absolute Gasteiger partial charge is 0.180 e. The van der Waals surface area contributed by atoms with Gasteiger partial charge in [-0.15, -0.1) is 0 Å². The molecule has 0 spiro atoms. The van der Waals surface area contributed by atoms with Crippen molar-refractivity contribution >= 4 is 27.1 Å². The van der Waals surface area contributed by atoms with E-state index >= 15 is 0 Å². The maximum absolute atomic E-state index is 13.1. The van der Waals surface area contributed by atoms with E-state index in [2.05, 4.69) is 0 Å². The van der Waals surface area contributed by atoms with Crippen molar-refractivity contribution in [3.05, 3.63) is 23.0 Å². The maximum atomic E-state index is 13.1. The number of rotatable bonds is 3. The van der Waals surface area contributed by atoms with E-state index in [1.807, 2.05) is 0 Å². The van der Waals surface area contributed by atoms with Crippen LogP contribution in [-0.2, 0) is 9.84 Å². The fourth-order valence-corrected chi connectivity index (χ4v) is 2.82. The fourth-order valence-electron chi connectivity index (χ4n) is 1.19. The third-order valence-electron chi connectivity index (χ3n) is 1.86. The van der Waals surface area contributed by atoms with Crippen LogP contribution in [-0.4, -0.2) is 14.2 Å². The van der Waals surface area contributed by atoms with Gasteiger partial charge in [0.25, 0.3) is 0 Å². The lowest BCUT2D eigenvalue weighted by Gasteiger charge is -2.07. The third kappa shape index (κ3) is 2.60. The van der Waals surface area contributed by atoms with Gasteiger partial charge in [0.05, 0.1) is 21.4 Å². The van der Waals surface area contributed by atoms with Gasteiger partial charge in [0.2, 0.25) is 0 Å². The van der Waals surface area contributed by atoms with E-state index in [9.17, 15) is 12.8 Å². The first-order valence-electron chi connectivity index (χ1n) is 4.35. The molecule has 0 amide bonds. The SMILES string of the molecule is CCCS(=O)(=O)c1cc(F)c(Cl)cc1N. The van der Waals surface area contributed by atoms with Crippen molar-refractivity contribution in [3.63, 3.8) is 0 Å². The molecule has 1 aromatic rings. The molecule has 84 valence electrons. The average Bonchev–Trinajstić information content (AvgIpc) is 2.11. The lowest BCUT2D eigenvalue weighted by Crippen LogP contribution is -2.09. The molecule has 0 saturated carbocycles. The summed E-state index contributed by atoms with van der Waals surface area (Å²) in [6.07, 6.45) is 0.450. The first kappa shape index (κ1) is 12.3. The number of benzene rings is 1. The monoisotopic (exact) mass is 251 g/mol. The second kappa shape index (κ2) is 4.37. The minimum atomic E-state index is -3.50. The molecule has 0 atom stereocenters. The summed E-state index contributed by atoms with van der Waals surface area (Å²) in [4.78, 5) is -0.189. The van der Waals surface area contributed by atoms with Crippen molar-refractivity contribution in [1.82, 2.24) is 0 Å². The van der Waals surface area contributed by atoms with E-state index < -0.39 is 15.7 Å². The van der Waals surface area contributed by atoms with Crippen LogP contribution in [0.25, 0.3) is 0 Å². The summed E-state index contributed by atoms with van der Waals surface area (Å²) in [5, 5.41) is -0.178. The van der Waals surface area contributed by atoms with Gasteiger partial charge in [-0.3, -0.25) is 0 Å². The Hall–Kier alpha value is -0.810. The predicted molar refractivity (Wildman–Crippen MR) is 58.2 cm³/mol. The van der Waals surface area contributed by atoms with Crippen LogP contribution >= 0.6 is 11.6 Å². The molecular weight excluding hydrogens is 241 g/mol. The van der Waals surface area contributed by atoms with Crippen LogP contribution in [0.15, 0.2) is 17.0 Å². The normalized spacial score (nSPS) is 11.7. The van der Waals surface area contributed by atoms with Gasteiger partial charge in [0.1, 0.15) is 5.82 Å². The zero-order chi connectivity index (χ0) is 11.6. The molecule has 0 fully saturated rings. The Balaban J connectivity index is 3.33. The Morgan fingerprint density at radius 1 is 1.47 bits per heavy atom. The van der Waals surface area contributed by atoms with Crippen molar-refractivity contribution in [2.45, 2.75) is 18.2 Å². The molecule has 0 bridgehead atoms. The summed E-state index contributed by atoms with van der Waals surface area (Å²) < 4.78 is 36.3. The number of hydrogen-bond donors (Lipinski definition) is 1. The summed E-state index contributed by atoms with van der Waals surface area (Å²) >= 11 is 5.46. The lowest BCUT2D eigenvalue weighted by atomic mass is 10.3. The number of halogens is 2. The second-order valence-corrected chi connectivity index (χ2v) is 5.61. The van der Waals surface area contributed by atoms with Crippen LogP contribution in [0.2, 0.25) is 5.02 Å². The van der Waals surface area contributed by atoms with Crippen LogP contribution < -0.4 is 5.73 Å². The molecule has 0 aromatic heterocycles. The van der Waals surface area contributed by atoms with Gasteiger partial charge in [-0.2, -0.15) is 0 Å². The van der Waals surface area contributed by atoms with Gasteiger partial charge >= 0.3 is 0 Å². The largest absolute Gasteiger partial charge is 0.398 e. The molecule has 1 rings (SSSR count). The summed E-state index contributed by atoms with van der Waals surface area (Å²) in [5.74, 6) is -0.835. The molecule has 15 heavy (non-hydrogen) atoms. The zero-order valence-electron chi connectivity index (χ0n) is 8.13. The Bertz CT molecular complexity index is 473. The highest BCUT2D eigenvalue weighted by Gasteiger charge is 2.18. The van der Waals surface area contributed by atoms with E-state index in [1.54, 1.807) is 6.92 Å². The Morgan fingerprint density at radius 2 is 2.07 bits per heavy atom. The van der Waals surface area contributed by atoms with Gasteiger partial charge in [-0.1, -0.05) is 18.5 Å². The summed E-state index contributed by atoms with van der Waals surface area (Å²) in [7, 11) is -3.50. The van der Waals surface area contributed by atoms with Gasteiger partial charge in [-0.05, 0) is 18.6 Å². The van der Waals surface area contributed by atoms with Crippen molar-refractivity contribution in [3.8, 4) is 0 Å². The molecule has 0 aliphatic heterocycles. The molecule has 3 nitrogen and oxygen atoms in total. The molecule has 0 saturated heterocycles. The highest BCUT2D eigenvalue weighted by molar-refractivity contribution is 7.91. The minimum Gasteiger partial charge on any atom is -0.398 e. The lowest BCUT2D eigenvalue weighted by molar-refractivity contribution is 0.590. The molecule has 6 heteroatoms. The first-order valence-corrected chi connectivity index (χ1v) is 6.38. The van der Waals surface area contributed by atoms with E-state index in [0.717, 1.165) is 12.1 Å². The van der Waals surface area contributed by atoms with Gasteiger partial charge in [0.15, 0.2) is 9.84 Å². The van der Waals surface area contributed by atoms with Crippen molar-refractivity contribution in [1.29, 1.82) is 0 Å². The summed E-state index contributed by atoms with van der Waals surface area (Å²) in [6.45, 7) is 1.72. The number of anilines is 1. The quantitative estimate of drug-likeness (QED) is 0.839. The van der Waals surface area contributed by atoms with Gasteiger partial charge in [0, 0.05) is 0 Å². The topological polar surface area (TPSA) is 60.2 Å². The highest BCUT2D eigenvalue weighted by atomic mass is 35.5. The molecule has 0 aliphatic carbocycles. The molecule has 0 unspecified atom stereocenters. The van der Waals surface area contributed by atoms with E-state index in [4.69, 9.17) is 17.3 Å². The van der Waals surface area contributed by atoms with Crippen molar-refractivity contribution in [2.75, 3.05) is 11.5 Å². The maximum Gasteiger partial charge on any atom is 0.180 e. The number of nitrogen functional groups attached to an aromatic ring is 1. The fraction of sp³-hybridized carbons (Fsp3) is 0.333. The van der Waals surface area contributed by atoms with Crippen molar-refractivity contribution in [2.24, 2.45) is 0 Å². The number of nitrogens with two attached hydrogens (primary N) is 1. The molecule has 1 aromatic carbocycles. The predicted octanol–water partition coefficient (Wildman–Crippen LogP) is 2.25. The molecule has 2 N–H and O–H groups in total. The Morgan fingerprint density at radius 3 is 2.60 bits per heavy atom. The van der Waals surface area contributed by atoms with E-state index in [0.29, 0.717) is 6.42 Å². The second-order valence-electron chi connectivity index (χ2n) is 3.12. The van der Waals surface area contributed by atoms with Crippen LogP contribution in [0.1, 0.15) is 13.3 Å². The van der Waals surface area contributed by atoms with Crippen LogP contribution in [0.5, 0.6) is 0 Å². The van der Waals surface area contributed by atoms with Crippen molar-refractivity contribution < 1.29 is 12.8 Å². The van der Waals surface area contributed by atoms with Crippen LogP contribution in [0.4, 0.5) is 10.1 Å². The first-order chi connectivity index (χ1) is 6.88. The average molecular weight is 252 g/mol. The van der Waals surface area contributed by atoms with E-state index in [1.165, 1.54) is 0 Å². The molecule has 0 aliphatic rings.